The summed E-state index contributed by atoms with van der Waals surface area (Å²) in [6, 6.07) is 0. The lowest BCUT2D eigenvalue weighted by atomic mass is 9.88. The van der Waals surface area contributed by atoms with Crippen LogP contribution in [0.4, 0.5) is 4.39 Å². The molecular formula is C16H23FO3. The number of allylic oxidation sites excluding steroid dienone is 2. The molecule has 0 aromatic rings. The second-order valence-electron chi connectivity index (χ2n) is 6.06. The maximum atomic E-state index is 13.6. The zero-order valence-electron chi connectivity index (χ0n) is 12.2. The average Bonchev–Trinajstić information content (AvgIpc) is 2.88. The Morgan fingerprint density at radius 1 is 1.55 bits per heavy atom. The van der Waals surface area contributed by atoms with Crippen molar-refractivity contribution in [3.05, 3.63) is 12.2 Å². The summed E-state index contributed by atoms with van der Waals surface area (Å²) in [6.45, 7) is 4.07. The second kappa shape index (κ2) is 6.51. The second-order valence-corrected chi connectivity index (χ2v) is 6.06. The standard InChI is InChI=1S/C16H23FO3/c1-3-4-5-13(17)14(18)7-6-11-10(2)8-15-12(11)9-16(19)20-15/h6-7,10-13,15H,3-5,8-9H2,1-2H3/t10-,11+,12-,13?,15-/m1/s1. The fraction of sp³-hybridized carbons (Fsp3) is 0.750. The minimum Gasteiger partial charge on any atom is -0.462 e. The van der Waals surface area contributed by atoms with E-state index in [1.807, 2.05) is 6.92 Å². The fourth-order valence-electron chi connectivity index (χ4n) is 3.35. The third-order valence-corrected chi connectivity index (χ3v) is 4.52. The summed E-state index contributed by atoms with van der Waals surface area (Å²) in [7, 11) is 0. The Balaban J connectivity index is 1.93. The van der Waals surface area contributed by atoms with Gasteiger partial charge in [0.1, 0.15) is 6.10 Å². The topological polar surface area (TPSA) is 43.4 Å². The van der Waals surface area contributed by atoms with Gasteiger partial charge in [0.2, 0.25) is 0 Å². The molecule has 0 N–H and O–H groups in total. The molecule has 0 radical (unpaired) electrons. The van der Waals surface area contributed by atoms with Gasteiger partial charge in [-0.25, -0.2) is 4.39 Å². The van der Waals surface area contributed by atoms with Crippen molar-refractivity contribution >= 4 is 11.8 Å². The highest BCUT2D eigenvalue weighted by Crippen LogP contribution is 2.45. The molecule has 2 rings (SSSR count). The van der Waals surface area contributed by atoms with E-state index in [0.717, 1.165) is 19.3 Å². The Bertz CT molecular complexity index is 405. The SMILES string of the molecule is CCCCC(F)C(=O)C=C[C@@H]1[C@H]2CC(=O)O[C@@H]2C[C@H]1C. The van der Waals surface area contributed by atoms with Gasteiger partial charge in [-0.05, 0) is 30.8 Å². The van der Waals surface area contributed by atoms with E-state index in [1.54, 1.807) is 6.08 Å². The van der Waals surface area contributed by atoms with Crippen LogP contribution in [0.3, 0.4) is 0 Å². The predicted molar refractivity (Wildman–Crippen MR) is 73.8 cm³/mol. The molecule has 1 unspecified atom stereocenters. The summed E-state index contributed by atoms with van der Waals surface area (Å²) in [5.74, 6) is 0.0853. The molecule has 112 valence electrons. The average molecular weight is 282 g/mol. The van der Waals surface area contributed by atoms with E-state index in [2.05, 4.69) is 6.92 Å². The normalized spacial score (nSPS) is 34.2. The molecule has 0 amide bonds. The van der Waals surface area contributed by atoms with Gasteiger partial charge in [-0.3, -0.25) is 9.59 Å². The first-order valence-corrected chi connectivity index (χ1v) is 7.58. The highest BCUT2D eigenvalue weighted by atomic mass is 19.1. The maximum Gasteiger partial charge on any atom is 0.306 e. The zero-order valence-corrected chi connectivity index (χ0v) is 12.2. The van der Waals surface area contributed by atoms with Crippen molar-refractivity contribution in [3.8, 4) is 0 Å². The zero-order chi connectivity index (χ0) is 14.7. The number of carbonyl (C=O) groups is 2. The summed E-state index contributed by atoms with van der Waals surface area (Å²) in [5.41, 5.74) is 0. The number of esters is 1. The molecule has 1 saturated heterocycles. The summed E-state index contributed by atoms with van der Waals surface area (Å²) in [6.07, 6.45) is 4.97. The predicted octanol–water partition coefficient (Wildman–Crippen LogP) is 3.23. The minimum absolute atomic E-state index is 0.0106. The Kier molecular flexibility index (Phi) is 4.95. The third kappa shape index (κ3) is 3.28. The Morgan fingerprint density at radius 2 is 2.30 bits per heavy atom. The van der Waals surface area contributed by atoms with Crippen LogP contribution in [0.2, 0.25) is 0 Å². The Hall–Kier alpha value is -1.19. The van der Waals surface area contributed by atoms with Gasteiger partial charge in [0.05, 0.1) is 6.42 Å². The van der Waals surface area contributed by atoms with E-state index >= 15 is 0 Å². The smallest absolute Gasteiger partial charge is 0.306 e. The molecule has 1 saturated carbocycles. The van der Waals surface area contributed by atoms with Crippen molar-refractivity contribution in [1.82, 2.24) is 0 Å². The highest BCUT2D eigenvalue weighted by Gasteiger charge is 2.47. The van der Waals surface area contributed by atoms with Gasteiger partial charge in [-0.2, -0.15) is 0 Å². The molecule has 3 nitrogen and oxygen atoms in total. The van der Waals surface area contributed by atoms with E-state index in [4.69, 9.17) is 4.74 Å². The number of carbonyl (C=O) groups excluding carboxylic acids is 2. The molecule has 0 bridgehead atoms. The maximum absolute atomic E-state index is 13.6. The monoisotopic (exact) mass is 282 g/mol. The molecule has 20 heavy (non-hydrogen) atoms. The van der Waals surface area contributed by atoms with Gasteiger partial charge in [0.25, 0.3) is 0 Å². The molecule has 5 atom stereocenters. The molecule has 1 aliphatic carbocycles. The number of fused-ring (bicyclic) bond motifs is 1. The fourth-order valence-corrected chi connectivity index (χ4v) is 3.35. The quantitative estimate of drug-likeness (QED) is 0.555. The molecule has 1 aliphatic heterocycles. The van der Waals surface area contributed by atoms with Gasteiger partial charge in [0.15, 0.2) is 12.0 Å². The van der Waals surface area contributed by atoms with Crippen molar-refractivity contribution < 1.29 is 18.7 Å². The number of halogens is 1. The number of hydrogen-bond acceptors (Lipinski definition) is 3. The number of alkyl halides is 1. The van der Waals surface area contributed by atoms with E-state index < -0.39 is 12.0 Å². The minimum atomic E-state index is -1.39. The van der Waals surface area contributed by atoms with Crippen molar-refractivity contribution in [2.24, 2.45) is 17.8 Å². The van der Waals surface area contributed by atoms with Crippen LogP contribution in [0.25, 0.3) is 0 Å². The molecule has 2 fully saturated rings. The van der Waals surface area contributed by atoms with Crippen LogP contribution < -0.4 is 0 Å². The van der Waals surface area contributed by atoms with E-state index in [1.165, 1.54) is 6.08 Å². The summed E-state index contributed by atoms with van der Waals surface area (Å²) in [4.78, 5) is 23.0. The van der Waals surface area contributed by atoms with E-state index in [9.17, 15) is 14.0 Å². The molecule has 4 heteroatoms. The van der Waals surface area contributed by atoms with Crippen LogP contribution in [0, 0.1) is 17.8 Å². The first-order valence-electron chi connectivity index (χ1n) is 7.58. The highest BCUT2D eigenvalue weighted by molar-refractivity contribution is 5.93. The first-order chi connectivity index (χ1) is 9.52. The van der Waals surface area contributed by atoms with Crippen molar-refractivity contribution in [2.45, 2.75) is 58.2 Å². The van der Waals surface area contributed by atoms with Crippen LogP contribution in [-0.2, 0) is 14.3 Å². The summed E-state index contributed by atoms with van der Waals surface area (Å²) >= 11 is 0. The van der Waals surface area contributed by atoms with Crippen LogP contribution in [0.5, 0.6) is 0 Å². The van der Waals surface area contributed by atoms with Crippen LogP contribution in [0.1, 0.15) is 46.0 Å². The van der Waals surface area contributed by atoms with Crippen LogP contribution >= 0.6 is 0 Å². The Morgan fingerprint density at radius 3 is 3.00 bits per heavy atom. The molecular weight excluding hydrogens is 259 g/mol. The summed E-state index contributed by atoms with van der Waals surface area (Å²) < 4.78 is 18.9. The summed E-state index contributed by atoms with van der Waals surface area (Å²) in [5, 5.41) is 0. The van der Waals surface area contributed by atoms with Gasteiger partial charge >= 0.3 is 5.97 Å². The number of hydrogen-bond donors (Lipinski definition) is 0. The number of ether oxygens (including phenoxy) is 1. The molecule has 2 aliphatic rings. The largest absolute Gasteiger partial charge is 0.462 e. The van der Waals surface area contributed by atoms with E-state index in [-0.39, 0.29) is 23.9 Å². The van der Waals surface area contributed by atoms with E-state index in [0.29, 0.717) is 18.8 Å². The van der Waals surface area contributed by atoms with Crippen molar-refractivity contribution in [2.75, 3.05) is 0 Å². The lowest BCUT2D eigenvalue weighted by molar-refractivity contribution is -0.141. The van der Waals surface area contributed by atoms with Gasteiger partial charge in [-0.15, -0.1) is 0 Å². The molecule has 0 aromatic heterocycles. The van der Waals surface area contributed by atoms with Gasteiger partial charge in [-0.1, -0.05) is 32.8 Å². The van der Waals surface area contributed by atoms with Gasteiger partial charge < -0.3 is 4.74 Å². The molecule has 1 heterocycles. The molecule has 0 spiro atoms. The first kappa shape index (κ1) is 15.2. The van der Waals surface area contributed by atoms with Crippen LogP contribution in [-0.4, -0.2) is 24.0 Å². The van der Waals surface area contributed by atoms with Crippen molar-refractivity contribution in [1.29, 1.82) is 0 Å². The molecule has 0 aromatic carbocycles. The number of unbranched alkanes of at least 4 members (excludes halogenated alkanes) is 1. The lowest BCUT2D eigenvalue weighted by Crippen LogP contribution is -2.16. The van der Waals surface area contributed by atoms with Gasteiger partial charge in [0, 0.05) is 5.92 Å². The van der Waals surface area contributed by atoms with Crippen LogP contribution in [0.15, 0.2) is 12.2 Å². The number of rotatable bonds is 6. The number of ketones is 1. The Labute approximate surface area is 119 Å². The third-order valence-electron chi connectivity index (χ3n) is 4.52. The lowest BCUT2D eigenvalue weighted by Gasteiger charge is -2.15. The van der Waals surface area contributed by atoms with Crippen molar-refractivity contribution in [3.63, 3.8) is 0 Å².